The molecule has 0 unspecified atom stereocenters. The fraction of sp³-hybridized carbons (Fsp3) is 0.379. The summed E-state index contributed by atoms with van der Waals surface area (Å²) in [7, 11) is 0. The second-order valence-electron chi connectivity index (χ2n) is 11.0. The van der Waals surface area contributed by atoms with Gasteiger partial charge in [0.05, 0.1) is 22.4 Å². The molecule has 190 valence electrons. The Morgan fingerprint density at radius 3 is 2.57 bits per heavy atom. The van der Waals surface area contributed by atoms with Crippen molar-refractivity contribution in [2.45, 2.75) is 44.9 Å². The standard InChI is InChI=1S/C29H32ClN7/c1-29(2,3)20-6-7-23(22(30)15-20)34-25-14-19(8-9-33-25)27-35-24-17-32-16-21(18-4-5-18)26(24)28(36-27)37-12-10-31-11-13-37/h6-9,14-18,31H,4-5,10-13H2,1-3H3,(H,33,34). The molecular weight excluding hydrogens is 482 g/mol. The van der Waals surface area contributed by atoms with E-state index in [-0.39, 0.29) is 5.41 Å². The van der Waals surface area contributed by atoms with E-state index in [1.54, 1.807) is 6.20 Å². The molecule has 0 atom stereocenters. The number of rotatable bonds is 5. The third kappa shape index (κ3) is 4.98. The van der Waals surface area contributed by atoms with E-state index in [1.807, 2.05) is 36.7 Å². The van der Waals surface area contributed by atoms with Gasteiger partial charge in [-0.2, -0.15) is 0 Å². The molecule has 0 spiro atoms. The van der Waals surface area contributed by atoms with Crippen LogP contribution in [0, 0.1) is 0 Å². The SMILES string of the molecule is CC(C)(C)c1ccc(Nc2cc(-c3nc(N4CCNCC4)c4c(C5CC5)cncc4n3)ccn2)c(Cl)c1. The Bertz CT molecular complexity index is 1450. The van der Waals surface area contributed by atoms with E-state index < -0.39 is 0 Å². The highest BCUT2D eigenvalue weighted by atomic mass is 35.5. The number of nitrogens with one attached hydrogen (secondary N) is 2. The lowest BCUT2D eigenvalue weighted by Gasteiger charge is -2.30. The number of nitrogens with zero attached hydrogens (tertiary/aromatic N) is 5. The van der Waals surface area contributed by atoms with Crippen LogP contribution in [0.2, 0.25) is 5.02 Å². The van der Waals surface area contributed by atoms with Crippen molar-refractivity contribution in [2.75, 3.05) is 36.4 Å². The fourth-order valence-electron chi connectivity index (χ4n) is 4.89. The van der Waals surface area contributed by atoms with Gasteiger partial charge in [0.1, 0.15) is 11.6 Å². The normalized spacial score (nSPS) is 16.3. The number of benzene rings is 1. The first-order valence-corrected chi connectivity index (χ1v) is 13.4. The lowest BCUT2D eigenvalue weighted by molar-refractivity contribution is 0.586. The first-order valence-electron chi connectivity index (χ1n) is 13.0. The predicted octanol–water partition coefficient (Wildman–Crippen LogP) is 6.07. The van der Waals surface area contributed by atoms with Crippen LogP contribution in [0.4, 0.5) is 17.3 Å². The van der Waals surface area contributed by atoms with Crippen LogP contribution >= 0.6 is 11.6 Å². The van der Waals surface area contributed by atoms with Crippen molar-refractivity contribution in [1.29, 1.82) is 0 Å². The topological polar surface area (TPSA) is 78.9 Å². The maximum Gasteiger partial charge on any atom is 0.162 e. The number of anilines is 3. The molecule has 0 amide bonds. The van der Waals surface area contributed by atoms with Crippen LogP contribution in [-0.2, 0) is 5.41 Å². The molecule has 1 aliphatic heterocycles. The van der Waals surface area contributed by atoms with E-state index >= 15 is 0 Å². The minimum absolute atomic E-state index is 0.0319. The number of aromatic nitrogens is 4. The molecule has 0 bridgehead atoms. The second kappa shape index (κ2) is 9.54. The zero-order valence-electron chi connectivity index (χ0n) is 21.6. The smallest absolute Gasteiger partial charge is 0.162 e. The third-order valence-electron chi connectivity index (χ3n) is 7.17. The molecule has 1 aromatic carbocycles. The number of halogens is 1. The molecule has 0 radical (unpaired) electrons. The molecule has 7 nitrogen and oxygen atoms in total. The first kappa shape index (κ1) is 24.1. The predicted molar refractivity (Wildman–Crippen MR) is 151 cm³/mol. The maximum atomic E-state index is 6.63. The van der Waals surface area contributed by atoms with Crippen LogP contribution in [0.3, 0.4) is 0 Å². The maximum absolute atomic E-state index is 6.63. The Hall–Kier alpha value is -3.29. The highest BCUT2D eigenvalue weighted by Gasteiger charge is 2.29. The van der Waals surface area contributed by atoms with Crippen LogP contribution in [0.5, 0.6) is 0 Å². The minimum atomic E-state index is 0.0319. The molecule has 2 fully saturated rings. The highest BCUT2D eigenvalue weighted by molar-refractivity contribution is 6.33. The minimum Gasteiger partial charge on any atom is -0.353 e. The Labute approximate surface area is 222 Å². The molecule has 1 aliphatic carbocycles. The van der Waals surface area contributed by atoms with E-state index in [2.05, 4.69) is 52.3 Å². The van der Waals surface area contributed by atoms with Crippen LogP contribution in [0.25, 0.3) is 22.3 Å². The summed E-state index contributed by atoms with van der Waals surface area (Å²) in [5.74, 6) is 2.95. The van der Waals surface area contributed by atoms with Crippen molar-refractivity contribution >= 4 is 39.8 Å². The summed E-state index contributed by atoms with van der Waals surface area (Å²) in [5, 5.41) is 8.65. The van der Waals surface area contributed by atoms with E-state index in [1.165, 1.54) is 24.0 Å². The molecule has 3 aromatic heterocycles. The number of fused-ring (bicyclic) bond motifs is 1. The quantitative estimate of drug-likeness (QED) is 0.335. The number of hydrogen-bond donors (Lipinski definition) is 2. The Balaban J connectivity index is 1.38. The van der Waals surface area contributed by atoms with Crippen LogP contribution in [0.1, 0.15) is 50.7 Å². The van der Waals surface area contributed by atoms with E-state index in [9.17, 15) is 0 Å². The summed E-state index contributed by atoms with van der Waals surface area (Å²) >= 11 is 6.63. The Morgan fingerprint density at radius 1 is 1.03 bits per heavy atom. The monoisotopic (exact) mass is 513 g/mol. The van der Waals surface area contributed by atoms with Crippen molar-refractivity contribution in [3.8, 4) is 11.4 Å². The zero-order valence-corrected chi connectivity index (χ0v) is 22.3. The Kier molecular flexibility index (Phi) is 6.21. The molecule has 37 heavy (non-hydrogen) atoms. The lowest BCUT2D eigenvalue weighted by Crippen LogP contribution is -2.44. The highest BCUT2D eigenvalue weighted by Crippen LogP contribution is 2.45. The van der Waals surface area contributed by atoms with Crippen molar-refractivity contribution in [1.82, 2.24) is 25.3 Å². The van der Waals surface area contributed by atoms with Crippen molar-refractivity contribution < 1.29 is 0 Å². The molecule has 2 N–H and O–H groups in total. The molecule has 1 saturated heterocycles. The van der Waals surface area contributed by atoms with Crippen molar-refractivity contribution in [2.24, 2.45) is 0 Å². The first-order chi connectivity index (χ1) is 17.9. The fourth-order valence-corrected chi connectivity index (χ4v) is 5.11. The van der Waals surface area contributed by atoms with Gasteiger partial charge in [-0.3, -0.25) is 4.98 Å². The van der Waals surface area contributed by atoms with E-state index in [4.69, 9.17) is 21.6 Å². The number of pyridine rings is 2. The average Bonchev–Trinajstić information content (AvgIpc) is 3.74. The summed E-state index contributed by atoms with van der Waals surface area (Å²) in [4.78, 5) is 21.6. The van der Waals surface area contributed by atoms with Crippen LogP contribution in [-0.4, -0.2) is 46.1 Å². The van der Waals surface area contributed by atoms with Gasteiger partial charge in [-0.05, 0) is 59.6 Å². The Morgan fingerprint density at radius 2 is 1.84 bits per heavy atom. The molecular formula is C29H32ClN7. The molecule has 4 heterocycles. The molecule has 2 aliphatic rings. The lowest BCUT2D eigenvalue weighted by atomic mass is 9.87. The number of hydrogen-bond acceptors (Lipinski definition) is 7. The van der Waals surface area contributed by atoms with Gasteiger partial charge < -0.3 is 15.5 Å². The van der Waals surface area contributed by atoms with Crippen LogP contribution < -0.4 is 15.5 Å². The van der Waals surface area contributed by atoms with Gasteiger partial charge in [0.15, 0.2) is 5.82 Å². The summed E-state index contributed by atoms with van der Waals surface area (Å²) in [6.07, 6.45) is 8.09. The van der Waals surface area contributed by atoms with Gasteiger partial charge in [0.2, 0.25) is 0 Å². The van der Waals surface area contributed by atoms with Gasteiger partial charge in [-0.15, -0.1) is 0 Å². The van der Waals surface area contributed by atoms with Gasteiger partial charge in [0.25, 0.3) is 0 Å². The second-order valence-corrected chi connectivity index (χ2v) is 11.4. The molecule has 6 rings (SSSR count). The summed E-state index contributed by atoms with van der Waals surface area (Å²) in [6, 6.07) is 10.1. The zero-order chi connectivity index (χ0) is 25.6. The molecule has 1 saturated carbocycles. The van der Waals surface area contributed by atoms with E-state index in [0.29, 0.717) is 22.6 Å². The summed E-state index contributed by atoms with van der Waals surface area (Å²) < 4.78 is 0. The molecule has 8 heteroatoms. The van der Waals surface area contributed by atoms with Gasteiger partial charge in [-0.25, -0.2) is 15.0 Å². The number of piperazine rings is 1. The van der Waals surface area contributed by atoms with Crippen molar-refractivity contribution in [3.05, 3.63) is 65.1 Å². The molecule has 4 aromatic rings. The van der Waals surface area contributed by atoms with Crippen LogP contribution in [0.15, 0.2) is 48.9 Å². The summed E-state index contributed by atoms with van der Waals surface area (Å²) in [5.41, 5.74) is 5.12. The van der Waals surface area contributed by atoms with Gasteiger partial charge in [0, 0.05) is 49.5 Å². The van der Waals surface area contributed by atoms with E-state index in [0.717, 1.165) is 54.2 Å². The van der Waals surface area contributed by atoms with Gasteiger partial charge in [-0.1, -0.05) is 38.4 Å². The van der Waals surface area contributed by atoms with Gasteiger partial charge >= 0.3 is 0 Å². The third-order valence-corrected chi connectivity index (χ3v) is 7.48. The summed E-state index contributed by atoms with van der Waals surface area (Å²) in [6.45, 7) is 10.3. The largest absolute Gasteiger partial charge is 0.353 e. The van der Waals surface area contributed by atoms with Crippen molar-refractivity contribution in [3.63, 3.8) is 0 Å². The average molecular weight is 514 g/mol.